The van der Waals surface area contributed by atoms with Gasteiger partial charge < -0.3 is 15.6 Å². The van der Waals surface area contributed by atoms with Crippen LogP contribution in [-0.2, 0) is 10.9 Å². The molecule has 2 rings (SSSR count). The summed E-state index contributed by atoms with van der Waals surface area (Å²) in [7, 11) is 0. The number of hydrogen-bond acceptors (Lipinski definition) is 5. The van der Waals surface area contributed by atoms with Gasteiger partial charge in [0.1, 0.15) is 22.7 Å². The number of phenols is 1. The van der Waals surface area contributed by atoms with Crippen LogP contribution in [0.4, 0.5) is 13.2 Å². The third-order valence-corrected chi connectivity index (χ3v) is 3.75. The van der Waals surface area contributed by atoms with Gasteiger partial charge in [-0.15, -0.1) is 0 Å². The van der Waals surface area contributed by atoms with Crippen LogP contribution in [0, 0.1) is 10.8 Å². The van der Waals surface area contributed by atoms with E-state index in [2.05, 4.69) is 4.98 Å². The number of rotatable bonds is 4. The fourth-order valence-corrected chi connectivity index (χ4v) is 2.33. The fraction of sp³-hybridized carbons (Fsp3) is 0.368. The molecule has 0 bridgehead atoms. The number of halogens is 3. The Labute approximate surface area is 155 Å². The zero-order valence-electron chi connectivity index (χ0n) is 15.3. The molecule has 0 atom stereocenters. The van der Waals surface area contributed by atoms with Gasteiger partial charge in [-0.1, -0.05) is 20.8 Å². The van der Waals surface area contributed by atoms with Crippen molar-refractivity contribution in [2.45, 2.75) is 33.4 Å². The monoisotopic (exact) mass is 381 g/mol. The number of aromatic hydroxyl groups is 1. The van der Waals surface area contributed by atoms with E-state index >= 15 is 0 Å². The van der Waals surface area contributed by atoms with Crippen LogP contribution in [0.25, 0.3) is 10.9 Å². The normalized spacial score (nSPS) is 13.1. The molecule has 0 spiro atoms. The first kappa shape index (κ1) is 20.7. The Kier molecular flexibility index (Phi) is 5.79. The maximum absolute atomic E-state index is 12.9. The summed E-state index contributed by atoms with van der Waals surface area (Å²) >= 11 is 0. The molecule has 146 valence electrons. The van der Waals surface area contributed by atoms with E-state index in [1.807, 2.05) is 20.8 Å². The van der Waals surface area contributed by atoms with Crippen molar-refractivity contribution in [1.82, 2.24) is 4.98 Å². The van der Waals surface area contributed by atoms with E-state index in [0.717, 1.165) is 6.07 Å². The van der Waals surface area contributed by atoms with Crippen molar-refractivity contribution in [2.24, 2.45) is 11.1 Å². The van der Waals surface area contributed by atoms with Crippen molar-refractivity contribution in [3.63, 3.8) is 0 Å². The molecule has 5 nitrogen and oxygen atoms in total. The van der Waals surface area contributed by atoms with E-state index in [-0.39, 0.29) is 34.3 Å². The van der Waals surface area contributed by atoms with Crippen molar-refractivity contribution in [3.8, 4) is 5.75 Å². The summed E-state index contributed by atoms with van der Waals surface area (Å²) in [6.07, 6.45) is -2.17. The number of nitrogens with zero attached hydrogens (tertiary/aromatic N) is 1. The molecule has 0 radical (unpaired) electrons. The Bertz CT molecular complexity index is 884. The molecule has 2 aromatic rings. The van der Waals surface area contributed by atoms with E-state index in [9.17, 15) is 18.3 Å². The highest BCUT2D eigenvalue weighted by molar-refractivity contribution is 6.06. The van der Waals surface area contributed by atoms with Gasteiger partial charge in [0.2, 0.25) is 5.90 Å². The first-order chi connectivity index (χ1) is 12.4. The SMILES string of the molecule is CC(C)(C)C/C=C(\CN)OC(=N)c1ccc(O)c2nc(C(F)(F)F)ccc12. The maximum Gasteiger partial charge on any atom is 0.433 e. The van der Waals surface area contributed by atoms with Gasteiger partial charge >= 0.3 is 6.18 Å². The maximum atomic E-state index is 12.9. The minimum atomic E-state index is -4.64. The summed E-state index contributed by atoms with van der Waals surface area (Å²) in [5.74, 6) is -0.307. The number of aromatic nitrogens is 1. The van der Waals surface area contributed by atoms with Crippen molar-refractivity contribution in [1.29, 1.82) is 5.41 Å². The van der Waals surface area contributed by atoms with Crippen LogP contribution in [0.2, 0.25) is 0 Å². The van der Waals surface area contributed by atoms with Crippen LogP contribution in [-0.4, -0.2) is 22.5 Å². The zero-order chi connectivity index (χ0) is 20.4. The molecule has 0 unspecified atom stereocenters. The second kappa shape index (κ2) is 7.56. The zero-order valence-corrected chi connectivity index (χ0v) is 15.3. The van der Waals surface area contributed by atoms with Gasteiger partial charge in [0.15, 0.2) is 0 Å². The Morgan fingerprint density at radius 3 is 2.44 bits per heavy atom. The molecule has 0 amide bonds. The van der Waals surface area contributed by atoms with Gasteiger partial charge in [0.25, 0.3) is 0 Å². The number of allylic oxidation sites excluding steroid dienone is 1. The van der Waals surface area contributed by atoms with Crippen LogP contribution in [0.1, 0.15) is 38.4 Å². The van der Waals surface area contributed by atoms with Crippen molar-refractivity contribution in [3.05, 3.63) is 47.4 Å². The van der Waals surface area contributed by atoms with Gasteiger partial charge in [-0.2, -0.15) is 13.2 Å². The van der Waals surface area contributed by atoms with Crippen molar-refractivity contribution >= 4 is 16.8 Å². The average molecular weight is 381 g/mol. The summed E-state index contributed by atoms with van der Waals surface area (Å²) in [6.45, 7) is 6.20. The lowest BCUT2D eigenvalue weighted by Gasteiger charge is -2.17. The van der Waals surface area contributed by atoms with Gasteiger partial charge in [-0.25, -0.2) is 4.98 Å². The van der Waals surface area contributed by atoms with Crippen LogP contribution in [0.5, 0.6) is 5.75 Å². The summed E-state index contributed by atoms with van der Waals surface area (Å²) in [5, 5.41) is 18.3. The van der Waals surface area contributed by atoms with Crippen molar-refractivity contribution < 1.29 is 23.0 Å². The quantitative estimate of drug-likeness (QED) is 0.411. The molecule has 0 aliphatic carbocycles. The molecule has 0 saturated heterocycles. The van der Waals surface area contributed by atoms with Crippen molar-refractivity contribution in [2.75, 3.05) is 6.54 Å². The molecule has 4 N–H and O–H groups in total. The number of pyridine rings is 1. The Morgan fingerprint density at radius 1 is 1.22 bits per heavy atom. The highest BCUT2D eigenvalue weighted by atomic mass is 19.4. The average Bonchev–Trinajstić information content (AvgIpc) is 2.57. The Balaban J connectivity index is 2.40. The summed E-state index contributed by atoms with van der Waals surface area (Å²) in [5.41, 5.74) is 4.51. The molecule has 0 aliphatic rings. The van der Waals surface area contributed by atoms with Gasteiger partial charge in [0, 0.05) is 10.9 Å². The molecule has 1 heterocycles. The smallest absolute Gasteiger partial charge is 0.433 e. The van der Waals surface area contributed by atoms with Crippen LogP contribution >= 0.6 is 0 Å². The lowest BCUT2D eigenvalue weighted by Crippen LogP contribution is -2.14. The molecular weight excluding hydrogens is 359 g/mol. The fourth-order valence-electron chi connectivity index (χ4n) is 2.33. The highest BCUT2D eigenvalue weighted by Crippen LogP contribution is 2.33. The number of alkyl halides is 3. The van der Waals surface area contributed by atoms with Gasteiger partial charge in [0.05, 0.1) is 6.54 Å². The molecule has 0 fully saturated rings. The minimum Gasteiger partial charge on any atom is -0.506 e. The molecule has 27 heavy (non-hydrogen) atoms. The molecule has 8 heteroatoms. The minimum absolute atomic E-state index is 0.00905. The van der Waals surface area contributed by atoms with Crippen LogP contribution < -0.4 is 5.73 Å². The number of phenolic OH excluding ortho intramolecular Hbond substituents is 1. The number of fused-ring (bicyclic) bond motifs is 1. The summed E-state index contributed by atoms with van der Waals surface area (Å²) < 4.78 is 44.1. The number of nitrogens with one attached hydrogen (secondary N) is 1. The third-order valence-electron chi connectivity index (χ3n) is 3.75. The van der Waals surface area contributed by atoms with Crippen LogP contribution in [0.3, 0.4) is 0 Å². The van der Waals surface area contributed by atoms with E-state index in [4.69, 9.17) is 15.9 Å². The molecular formula is C19H22F3N3O2. The van der Waals surface area contributed by atoms with Crippen LogP contribution in [0.15, 0.2) is 36.1 Å². The summed E-state index contributed by atoms with van der Waals surface area (Å²) in [6, 6.07) is 4.55. The number of hydrogen-bond donors (Lipinski definition) is 3. The number of ether oxygens (including phenoxy) is 1. The predicted octanol–water partition coefficient (Wildman–Crippen LogP) is 4.58. The van der Waals surface area contributed by atoms with E-state index in [0.29, 0.717) is 12.2 Å². The third kappa shape index (κ3) is 5.19. The molecule has 1 aromatic carbocycles. The van der Waals surface area contributed by atoms with E-state index in [1.54, 1.807) is 6.08 Å². The molecule has 1 aromatic heterocycles. The first-order valence-corrected chi connectivity index (χ1v) is 8.28. The largest absolute Gasteiger partial charge is 0.506 e. The topological polar surface area (TPSA) is 92.2 Å². The van der Waals surface area contributed by atoms with E-state index < -0.39 is 17.6 Å². The van der Waals surface area contributed by atoms with E-state index in [1.165, 1.54) is 18.2 Å². The Morgan fingerprint density at radius 2 is 1.89 bits per heavy atom. The molecule has 0 aliphatic heterocycles. The summed E-state index contributed by atoms with van der Waals surface area (Å²) in [4.78, 5) is 3.49. The predicted molar refractivity (Wildman–Crippen MR) is 97.5 cm³/mol. The second-order valence-corrected chi connectivity index (χ2v) is 7.29. The lowest BCUT2D eigenvalue weighted by atomic mass is 9.92. The first-order valence-electron chi connectivity index (χ1n) is 8.28. The van der Waals surface area contributed by atoms with Gasteiger partial charge in [-0.3, -0.25) is 5.41 Å². The lowest BCUT2D eigenvalue weighted by molar-refractivity contribution is -0.140. The molecule has 0 saturated carbocycles. The Hall–Kier alpha value is -2.61. The standard InChI is InChI=1S/C19H22F3N3O2/c1-18(2,3)9-8-11(10-23)27-17(24)13-4-6-14(26)16-12(13)5-7-15(25-16)19(20,21)22/h4-8,24,26H,9-10,23H2,1-3H3/b11-8+,24-17?. The van der Waals surface area contributed by atoms with Gasteiger partial charge in [-0.05, 0) is 42.2 Å². The number of benzene rings is 1. The highest BCUT2D eigenvalue weighted by Gasteiger charge is 2.33. The number of nitrogens with two attached hydrogens (primary N) is 1. The second-order valence-electron chi connectivity index (χ2n) is 7.29.